The molecule has 4 nitrogen and oxygen atoms in total. The number of carbonyl (C=O) groups excluding carboxylic acids is 1. The molecule has 0 saturated carbocycles. The molecule has 1 saturated heterocycles. The number of amides is 1. The summed E-state index contributed by atoms with van der Waals surface area (Å²) in [5.74, 6) is -0.848. The van der Waals surface area contributed by atoms with E-state index in [2.05, 4.69) is 32.0 Å². The monoisotopic (exact) mass is 337 g/mol. The summed E-state index contributed by atoms with van der Waals surface area (Å²) in [6.07, 6.45) is 2.32. The molecule has 3 rings (SSSR count). The van der Waals surface area contributed by atoms with Gasteiger partial charge in [0, 0.05) is 6.54 Å². The van der Waals surface area contributed by atoms with Crippen molar-refractivity contribution < 1.29 is 14.7 Å². The van der Waals surface area contributed by atoms with E-state index in [0.29, 0.717) is 6.42 Å². The fourth-order valence-electron chi connectivity index (χ4n) is 3.56. The Labute approximate surface area is 148 Å². The molecule has 2 aromatic carbocycles. The second-order valence-electron chi connectivity index (χ2n) is 6.71. The average molecular weight is 337 g/mol. The van der Waals surface area contributed by atoms with Gasteiger partial charge >= 0.3 is 5.97 Å². The Bertz CT molecular complexity index is 795. The summed E-state index contributed by atoms with van der Waals surface area (Å²) >= 11 is 0. The van der Waals surface area contributed by atoms with E-state index >= 15 is 0 Å². The lowest BCUT2D eigenvalue weighted by molar-refractivity contribution is -0.131. The van der Waals surface area contributed by atoms with Gasteiger partial charge in [-0.1, -0.05) is 30.3 Å². The molecule has 25 heavy (non-hydrogen) atoms. The summed E-state index contributed by atoms with van der Waals surface area (Å²) in [7, 11) is 0. The van der Waals surface area contributed by atoms with Crippen molar-refractivity contribution in [1.82, 2.24) is 4.90 Å². The van der Waals surface area contributed by atoms with Crippen LogP contribution < -0.4 is 0 Å². The van der Waals surface area contributed by atoms with Crippen LogP contribution in [0.25, 0.3) is 0 Å². The predicted molar refractivity (Wildman–Crippen MR) is 96.7 cm³/mol. The maximum atomic E-state index is 12.8. The SMILES string of the molecule is Cc1cccc(C2CCCN2C(=O)Cc2ccc(C(=O)O)cc2)c1C. The molecule has 1 aliphatic heterocycles. The minimum absolute atomic E-state index is 0.103. The molecule has 1 heterocycles. The minimum Gasteiger partial charge on any atom is -0.478 e. The average Bonchev–Trinajstić information content (AvgIpc) is 3.07. The zero-order valence-corrected chi connectivity index (χ0v) is 14.7. The van der Waals surface area contributed by atoms with Gasteiger partial charge < -0.3 is 10.0 Å². The third-order valence-electron chi connectivity index (χ3n) is 5.13. The standard InChI is InChI=1S/C21H23NO3/c1-14-5-3-6-18(15(14)2)19-7-4-12-22(19)20(23)13-16-8-10-17(11-9-16)21(24)25/h3,5-6,8-11,19H,4,7,12-13H2,1-2H3,(H,24,25). The molecule has 1 unspecified atom stereocenters. The van der Waals surface area contributed by atoms with Crippen molar-refractivity contribution in [1.29, 1.82) is 0 Å². The number of rotatable bonds is 4. The molecule has 1 N–H and O–H groups in total. The predicted octanol–water partition coefficient (Wildman–Crippen LogP) is 3.91. The van der Waals surface area contributed by atoms with E-state index in [4.69, 9.17) is 5.11 Å². The van der Waals surface area contributed by atoms with Gasteiger partial charge in [0.05, 0.1) is 18.0 Å². The van der Waals surface area contributed by atoms with Gasteiger partial charge in [-0.2, -0.15) is 0 Å². The van der Waals surface area contributed by atoms with Crippen molar-refractivity contribution in [2.45, 2.75) is 39.2 Å². The lowest BCUT2D eigenvalue weighted by Crippen LogP contribution is -2.32. The van der Waals surface area contributed by atoms with Crippen molar-refractivity contribution in [3.63, 3.8) is 0 Å². The Kier molecular flexibility index (Phi) is 4.88. The lowest BCUT2D eigenvalue weighted by atomic mass is 9.95. The van der Waals surface area contributed by atoms with Gasteiger partial charge in [-0.05, 0) is 61.1 Å². The number of carbonyl (C=O) groups is 2. The van der Waals surface area contributed by atoms with Crippen LogP contribution in [0.15, 0.2) is 42.5 Å². The van der Waals surface area contributed by atoms with Crippen LogP contribution in [0.5, 0.6) is 0 Å². The Balaban J connectivity index is 1.76. The van der Waals surface area contributed by atoms with E-state index in [1.165, 1.54) is 16.7 Å². The summed E-state index contributed by atoms with van der Waals surface area (Å²) in [5.41, 5.74) is 4.85. The number of likely N-dealkylation sites (tertiary alicyclic amines) is 1. The zero-order valence-electron chi connectivity index (χ0n) is 14.7. The Morgan fingerprint density at radius 2 is 1.84 bits per heavy atom. The molecule has 0 aliphatic carbocycles. The van der Waals surface area contributed by atoms with Crippen LogP contribution in [0, 0.1) is 13.8 Å². The van der Waals surface area contributed by atoms with Crippen LogP contribution in [0.4, 0.5) is 0 Å². The summed E-state index contributed by atoms with van der Waals surface area (Å²) in [5, 5.41) is 8.96. The molecule has 2 aromatic rings. The number of hydrogen-bond donors (Lipinski definition) is 1. The van der Waals surface area contributed by atoms with Gasteiger partial charge in [0.15, 0.2) is 0 Å². The van der Waals surface area contributed by atoms with E-state index in [1.54, 1.807) is 24.3 Å². The van der Waals surface area contributed by atoms with E-state index in [-0.39, 0.29) is 17.5 Å². The number of carboxylic acid groups (broad SMARTS) is 1. The molecule has 0 bridgehead atoms. The van der Waals surface area contributed by atoms with Crippen LogP contribution in [0.2, 0.25) is 0 Å². The number of aryl methyl sites for hydroxylation is 1. The highest BCUT2D eigenvalue weighted by Gasteiger charge is 2.30. The number of aromatic carboxylic acids is 1. The molecular weight excluding hydrogens is 314 g/mol. The summed E-state index contributed by atoms with van der Waals surface area (Å²) in [6, 6.07) is 13.0. The van der Waals surface area contributed by atoms with Gasteiger partial charge in [-0.3, -0.25) is 4.79 Å². The van der Waals surface area contributed by atoms with Gasteiger partial charge in [0.1, 0.15) is 0 Å². The highest BCUT2D eigenvalue weighted by Crippen LogP contribution is 2.34. The Hall–Kier alpha value is -2.62. The first kappa shape index (κ1) is 17.2. The molecule has 1 atom stereocenters. The number of carboxylic acids is 1. The number of hydrogen-bond acceptors (Lipinski definition) is 2. The first-order valence-electron chi connectivity index (χ1n) is 8.65. The second kappa shape index (κ2) is 7.09. The largest absolute Gasteiger partial charge is 0.478 e. The van der Waals surface area contributed by atoms with E-state index < -0.39 is 5.97 Å². The molecule has 0 spiro atoms. The van der Waals surface area contributed by atoms with Gasteiger partial charge in [-0.25, -0.2) is 4.79 Å². The fraction of sp³-hybridized carbons (Fsp3) is 0.333. The lowest BCUT2D eigenvalue weighted by Gasteiger charge is -2.27. The van der Waals surface area contributed by atoms with E-state index in [1.807, 2.05) is 4.90 Å². The van der Waals surface area contributed by atoms with Crippen molar-refractivity contribution in [3.8, 4) is 0 Å². The van der Waals surface area contributed by atoms with Gasteiger partial charge in [0.25, 0.3) is 0 Å². The maximum absolute atomic E-state index is 12.8. The third-order valence-corrected chi connectivity index (χ3v) is 5.13. The molecule has 1 amide bonds. The van der Waals surface area contributed by atoms with Crippen LogP contribution >= 0.6 is 0 Å². The highest BCUT2D eigenvalue weighted by atomic mass is 16.4. The molecule has 1 aliphatic rings. The minimum atomic E-state index is -0.951. The smallest absolute Gasteiger partial charge is 0.335 e. The topological polar surface area (TPSA) is 57.6 Å². The molecule has 1 fully saturated rings. The second-order valence-corrected chi connectivity index (χ2v) is 6.71. The maximum Gasteiger partial charge on any atom is 0.335 e. The van der Waals surface area contributed by atoms with Gasteiger partial charge in [0.2, 0.25) is 5.91 Å². The summed E-state index contributed by atoms with van der Waals surface area (Å²) in [4.78, 5) is 25.7. The van der Waals surface area contributed by atoms with Crippen LogP contribution in [-0.4, -0.2) is 28.4 Å². The Morgan fingerprint density at radius 3 is 2.52 bits per heavy atom. The van der Waals surface area contributed by atoms with Crippen LogP contribution in [0.1, 0.15) is 51.5 Å². The highest BCUT2D eigenvalue weighted by molar-refractivity contribution is 5.87. The van der Waals surface area contributed by atoms with Crippen molar-refractivity contribution >= 4 is 11.9 Å². The summed E-state index contributed by atoms with van der Waals surface area (Å²) < 4.78 is 0. The number of benzene rings is 2. The summed E-state index contributed by atoms with van der Waals surface area (Å²) in [6.45, 7) is 5.00. The van der Waals surface area contributed by atoms with Crippen molar-refractivity contribution in [2.75, 3.05) is 6.54 Å². The van der Waals surface area contributed by atoms with E-state index in [9.17, 15) is 9.59 Å². The molecule has 0 radical (unpaired) electrons. The van der Waals surface area contributed by atoms with E-state index in [0.717, 1.165) is 24.9 Å². The number of nitrogens with zero attached hydrogens (tertiary/aromatic N) is 1. The molecular formula is C21H23NO3. The molecule has 4 heteroatoms. The van der Waals surface area contributed by atoms with Crippen molar-refractivity contribution in [3.05, 3.63) is 70.3 Å². The van der Waals surface area contributed by atoms with Crippen LogP contribution in [-0.2, 0) is 11.2 Å². The normalized spacial score (nSPS) is 16.9. The Morgan fingerprint density at radius 1 is 1.12 bits per heavy atom. The van der Waals surface area contributed by atoms with Crippen molar-refractivity contribution in [2.24, 2.45) is 0 Å². The molecule has 0 aromatic heterocycles. The first-order valence-corrected chi connectivity index (χ1v) is 8.65. The molecule has 130 valence electrons. The zero-order chi connectivity index (χ0) is 18.0. The quantitative estimate of drug-likeness (QED) is 0.920. The fourth-order valence-corrected chi connectivity index (χ4v) is 3.56. The third kappa shape index (κ3) is 3.58. The first-order chi connectivity index (χ1) is 12.0. The van der Waals surface area contributed by atoms with Crippen LogP contribution in [0.3, 0.4) is 0 Å². The van der Waals surface area contributed by atoms with Gasteiger partial charge in [-0.15, -0.1) is 0 Å².